The van der Waals surface area contributed by atoms with E-state index in [-0.39, 0.29) is 43.1 Å². The van der Waals surface area contributed by atoms with E-state index in [2.05, 4.69) is 34.3 Å². The van der Waals surface area contributed by atoms with Gasteiger partial charge in [0.1, 0.15) is 12.4 Å². The lowest BCUT2D eigenvalue weighted by molar-refractivity contribution is -0.122. The van der Waals surface area contributed by atoms with Gasteiger partial charge < -0.3 is 19.7 Å². The lowest BCUT2D eigenvalue weighted by atomic mass is 10.1. The molecule has 1 unspecified atom stereocenters. The van der Waals surface area contributed by atoms with Crippen molar-refractivity contribution in [2.45, 2.75) is 44.9 Å². The van der Waals surface area contributed by atoms with E-state index in [9.17, 15) is 9.18 Å². The van der Waals surface area contributed by atoms with Gasteiger partial charge in [0.15, 0.2) is 11.5 Å². The van der Waals surface area contributed by atoms with Gasteiger partial charge in [-0.25, -0.2) is 4.39 Å². The van der Waals surface area contributed by atoms with Crippen LogP contribution in [0.5, 0.6) is 11.5 Å². The molecule has 224 valence electrons. The van der Waals surface area contributed by atoms with Gasteiger partial charge >= 0.3 is 0 Å². The van der Waals surface area contributed by atoms with E-state index in [1.54, 1.807) is 13.2 Å². The minimum absolute atomic E-state index is 0. The van der Waals surface area contributed by atoms with E-state index in [0.717, 1.165) is 37.1 Å². The molecule has 0 aromatic heterocycles. The molecule has 3 aromatic rings. The molecule has 0 saturated carbocycles. The number of nitrogens with one attached hydrogen (secondary N) is 1. The maximum absolute atomic E-state index is 13.5. The Hall–Kier alpha value is -2.84. The second-order valence-electron chi connectivity index (χ2n) is 10.3. The zero-order chi connectivity index (χ0) is 27.5. The molecule has 1 aliphatic rings. The van der Waals surface area contributed by atoms with Crippen LogP contribution in [0.25, 0.3) is 0 Å². The normalized spacial score (nSPS) is 14.7. The summed E-state index contributed by atoms with van der Waals surface area (Å²) >= 11 is 0. The van der Waals surface area contributed by atoms with Crippen molar-refractivity contribution in [2.24, 2.45) is 0 Å². The van der Waals surface area contributed by atoms with E-state index < -0.39 is 0 Å². The molecule has 3 aromatic carbocycles. The number of halogens is 3. The average molecular weight is 607 g/mol. The lowest BCUT2D eigenvalue weighted by Gasteiger charge is -2.23. The summed E-state index contributed by atoms with van der Waals surface area (Å²) in [5.41, 5.74) is 3.02. The number of ether oxygens (including phenoxy) is 2. The predicted octanol–water partition coefficient (Wildman–Crippen LogP) is 5.90. The number of carbonyl (C=O) groups excluding carboxylic acids is 1. The molecule has 1 fully saturated rings. The Morgan fingerprint density at radius 1 is 1.00 bits per heavy atom. The van der Waals surface area contributed by atoms with E-state index in [1.165, 1.54) is 30.5 Å². The Kier molecular flexibility index (Phi) is 15.0. The van der Waals surface area contributed by atoms with Crippen LogP contribution >= 0.6 is 24.8 Å². The largest absolute Gasteiger partial charge is 0.493 e. The monoisotopic (exact) mass is 605 g/mol. The Morgan fingerprint density at radius 3 is 2.49 bits per heavy atom. The summed E-state index contributed by atoms with van der Waals surface area (Å²) in [6.45, 7) is 3.88. The molecule has 1 atom stereocenters. The second-order valence-corrected chi connectivity index (χ2v) is 10.3. The molecule has 0 aliphatic carbocycles. The number of amides is 1. The Morgan fingerprint density at radius 2 is 1.78 bits per heavy atom. The van der Waals surface area contributed by atoms with E-state index in [0.29, 0.717) is 37.2 Å². The van der Waals surface area contributed by atoms with Gasteiger partial charge in [-0.1, -0.05) is 48.5 Å². The summed E-state index contributed by atoms with van der Waals surface area (Å²) in [5, 5.41) is 3.13. The highest BCUT2D eigenvalue weighted by Gasteiger charge is 2.20. The molecule has 6 nitrogen and oxygen atoms in total. The van der Waals surface area contributed by atoms with E-state index >= 15 is 0 Å². The van der Waals surface area contributed by atoms with Crippen molar-refractivity contribution < 1.29 is 18.7 Å². The Balaban J connectivity index is 0.00000294. The zero-order valence-electron chi connectivity index (χ0n) is 23.9. The zero-order valence-corrected chi connectivity index (χ0v) is 25.5. The number of rotatable bonds is 14. The molecule has 1 heterocycles. The molecule has 1 aliphatic heterocycles. The van der Waals surface area contributed by atoms with Crippen LogP contribution in [-0.2, 0) is 24.4 Å². The third-order valence-corrected chi connectivity index (χ3v) is 7.32. The Labute approximate surface area is 256 Å². The fraction of sp³-hybridized carbons (Fsp3) is 0.406. The van der Waals surface area contributed by atoms with Crippen LogP contribution in [0.4, 0.5) is 4.39 Å². The highest BCUT2D eigenvalue weighted by molar-refractivity contribution is 5.85. The van der Waals surface area contributed by atoms with Crippen molar-refractivity contribution >= 4 is 30.7 Å². The van der Waals surface area contributed by atoms with Crippen LogP contribution in [0.2, 0.25) is 0 Å². The van der Waals surface area contributed by atoms with Gasteiger partial charge in [0.05, 0.1) is 13.7 Å². The highest BCUT2D eigenvalue weighted by Crippen LogP contribution is 2.29. The third-order valence-electron chi connectivity index (χ3n) is 7.32. The minimum Gasteiger partial charge on any atom is -0.493 e. The van der Waals surface area contributed by atoms with Crippen molar-refractivity contribution in [1.82, 2.24) is 15.1 Å². The number of carbonyl (C=O) groups is 1. The van der Waals surface area contributed by atoms with Crippen molar-refractivity contribution in [3.8, 4) is 11.5 Å². The van der Waals surface area contributed by atoms with Crippen LogP contribution in [0.1, 0.15) is 36.0 Å². The number of hydrogen-bond acceptors (Lipinski definition) is 5. The Bertz CT molecular complexity index is 1200. The number of nitrogens with zero attached hydrogens (tertiary/aromatic N) is 2. The van der Waals surface area contributed by atoms with Crippen molar-refractivity contribution in [3.05, 3.63) is 95.3 Å². The number of methoxy groups -OCH3 is 1. The summed E-state index contributed by atoms with van der Waals surface area (Å²) in [7, 11) is 3.78. The number of hydrogen-bond donors (Lipinski definition) is 1. The fourth-order valence-corrected chi connectivity index (χ4v) is 5.10. The molecular weight excluding hydrogens is 564 g/mol. The third kappa shape index (κ3) is 11.2. The van der Waals surface area contributed by atoms with Gasteiger partial charge in [0, 0.05) is 25.7 Å². The van der Waals surface area contributed by atoms with Crippen molar-refractivity contribution in [1.29, 1.82) is 0 Å². The summed E-state index contributed by atoms with van der Waals surface area (Å²) in [5.74, 6) is 1.02. The van der Waals surface area contributed by atoms with Gasteiger partial charge in [-0.05, 0) is 80.2 Å². The van der Waals surface area contributed by atoms with Crippen LogP contribution in [-0.4, -0.2) is 62.1 Å². The van der Waals surface area contributed by atoms with Crippen LogP contribution in [0.3, 0.4) is 0 Å². The second kappa shape index (κ2) is 17.9. The van der Waals surface area contributed by atoms with E-state index in [4.69, 9.17) is 9.47 Å². The lowest BCUT2D eigenvalue weighted by Crippen LogP contribution is -2.39. The molecular formula is C32H42Cl2FN3O3. The van der Waals surface area contributed by atoms with Gasteiger partial charge in [0.2, 0.25) is 5.91 Å². The first-order valence-corrected chi connectivity index (χ1v) is 13.8. The summed E-state index contributed by atoms with van der Waals surface area (Å²) in [4.78, 5) is 17.4. The average Bonchev–Trinajstić information content (AvgIpc) is 3.35. The molecule has 4 rings (SSSR count). The fourth-order valence-electron chi connectivity index (χ4n) is 5.10. The molecule has 1 saturated heterocycles. The van der Waals surface area contributed by atoms with Crippen LogP contribution in [0.15, 0.2) is 72.8 Å². The molecule has 0 bridgehead atoms. The SMILES string of the molecule is COc1cc(CCN(CC(=O)NCCC2CCCN2C)Cc2ccccc2)ccc1OCc1cccc(F)c1.Cl.Cl. The molecule has 9 heteroatoms. The highest BCUT2D eigenvalue weighted by atomic mass is 35.5. The quantitative estimate of drug-likeness (QED) is 0.248. The standard InChI is InChI=1S/C32H40FN3O3.2ClH/c1-35-18-7-12-29(35)15-17-34-32(37)23-36(22-26-8-4-3-5-9-26)19-16-25-13-14-30(31(21-25)38-2)39-24-27-10-6-11-28(33)20-27;;/h3-6,8-11,13-14,20-21,29H,7,12,15-19,22-24H2,1-2H3,(H,34,37);2*1H. The first-order chi connectivity index (χ1) is 19.0. The maximum atomic E-state index is 13.5. The summed E-state index contributed by atoms with van der Waals surface area (Å²) in [6, 6.07) is 23.1. The minimum atomic E-state index is -0.284. The van der Waals surface area contributed by atoms with E-state index in [1.807, 2.05) is 42.5 Å². The molecule has 1 N–H and O–H groups in total. The first-order valence-electron chi connectivity index (χ1n) is 13.8. The molecule has 1 amide bonds. The molecule has 0 spiro atoms. The van der Waals surface area contributed by atoms with Gasteiger partial charge in [-0.2, -0.15) is 0 Å². The van der Waals surface area contributed by atoms with Gasteiger partial charge in [-0.3, -0.25) is 9.69 Å². The predicted molar refractivity (Wildman–Crippen MR) is 167 cm³/mol. The summed E-state index contributed by atoms with van der Waals surface area (Å²) < 4.78 is 25.0. The van der Waals surface area contributed by atoms with Crippen molar-refractivity contribution in [3.63, 3.8) is 0 Å². The van der Waals surface area contributed by atoms with Gasteiger partial charge in [0.25, 0.3) is 0 Å². The smallest absolute Gasteiger partial charge is 0.234 e. The van der Waals surface area contributed by atoms with Crippen LogP contribution in [0, 0.1) is 5.82 Å². The molecule has 41 heavy (non-hydrogen) atoms. The first kappa shape index (κ1) is 34.4. The van der Waals surface area contributed by atoms with Crippen molar-refractivity contribution in [2.75, 3.05) is 40.3 Å². The number of benzene rings is 3. The topological polar surface area (TPSA) is 54.0 Å². The molecule has 0 radical (unpaired) electrons. The maximum Gasteiger partial charge on any atom is 0.234 e. The van der Waals surface area contributed by atoms with Gasteiger partial charge in [-0.15, -0.1) is 24.8 Å². The van der Waals surface area contributed by atoms with Crippen LogP contribution < -0.4 is 14.8 Å². The summed E-state index contributed by atoms with van der Waals surface area (Å²) in [6.07, 6.45) is 4.21. The number of likely N-dealkylation sites (tertiary alicyclic amines) is 1.